The Hall–Kier alpha value is -1.94. The Kier molecular flexibility index (Phi) is 4.59. The topological polar surface area (TPSA) is 38.7 Å². The van der Waals surface area contributed by atoms with Crippen molar-refractivity contribution in [1.29, 1.82) is 0 Å². The van der Waals surface area contributed by atoms with E-state index in [9.17, 15) is 4.79 Å². The largest absolute Gasteiger partial charge is 0.497 e. The molecule has 0 bridgehead atoms. The van der Waals surface area contributed by atoms with Crippen LogP contribution >= 0.6 is 15.9 Å². The van der Waals surface area contributed by atoms with E-state index in [4.69, 9.17) is 9.73 Å². The molecule has 0 amide bonds. The van der Waals surface area contributed by atoms with Gasteiger partial charge in [0, 0.05) is 15.6 Å². The first-order chi connectivity index (χ1) is 11.4. The maximum absolute atomic E-state index is 12.7. The fourth-order valence-corrected chi connectivity index (χ4v) is 3.33. The van der Waals surface area contributed by atoms with Gasteiger partial charge in [-0.2, -0.15) is 0 Å². The van der Waals surface area contributed by atoms with Gasteiger partial charge in [0.1, 0.15) is 5.75 Å². The number of Topliss-reactive ketones (excluding diaryl/α,β-unsaturated/α-hetero) is 1. The average Bonchev–Trinajstić information content (AvgIpc) is 2.54. The highest BCUT2D eigenvalue weighted by atomic mass is 79.9. The lowest BCUT2D eigenvalue weighted by Crippen LogP contribution is -2.30. The first-order valence-corrected chi connectivity index (χ1v) is 8.72. The summed E-state index contributed by atoms with van der Waals surface area (Å²) in [4.78, 5) is 17.5. The van der Waals surface area contributed by atoms with Gasteiger partial charge in [0.15, 0.2) is 5.78 Å². The lowest BCUT2D eigenvalue weighted by Gasteiger charge is -2.29. The highest BCUT2D eigenvalue weighted by Gasteiger charge is 2.28. The summed E-state index contributed by atoms with van der Waals surface area (Å²) in [6, 6.07) is 13.5. The number of hydrogen-bond acceptors (Lipinski definition) is 3. The monoisotopic (exact) mass is 385 g/mol. The smallest absolute Gasteiger partial charge is 0.168 e. The molecule has 2 aromatic rings. The summed E-state index contributed by atoms with van der Waals surface area (Å²) in [5.41, 5.74) is 3.59. The molecule has 0 N–H and O–H groups in total. The molecule has 0 unspecified atom stereocenters. The molecule has 0 radical (unpaired) electrons. The van der Waals surface area contributed by atoms with Gasteiger partial charge in [0.25, 0.3) is 0 Å². The SMILES string of the molecule is COc1ccc2c(c1)C(CC(=O)c1ccc(Br)cc1)=NC(C)(C)C2. The minimum Gasteiger partial charge on any atom is -0.497 e. The van der Waals surface area contributed by atoms with E-state index in [0.717, 1.165) is 27.9 Å². The lowest BCUT2D eigenvalue weighted by molar-refractivity contribution is 0.100. The fraction of sp³-hybridized carbons (Fsp3) is 0.300. The lowest BCUT2D eigenvalue weighted by atomic mass is 9.85. The molecular formula is C20H20BrNO2. The number of aliphatic imine (C=N–C) groups is 1. The fourth-order valence-electron chi connectivity index (χ4n) is 3.06. The van der Waals surface area contributed by atoms with Gasteiger partial charge in [-0.1, -0.05) is 34.1 Å². The van der Waals surface area contributed by atoms with Gasteiger partial charge < -0.3 is 4.74 Å². The number of nitrogens with zero attached hydrogens (tertiary/aromatic N) is 1. The van der Waals surface area contributed by atoms with Gasteiger partial charge in [-0.25, -0.2) is 0 Å². The predicted octanol–water partition coefficient (Wildman–Crippen LogP) is 4.85. The molecule has 0 saturated heterocycles. The average molecular weight is 386 g/mol. The molecule has 2 aromatic carbocycles. The van der Waals surface area contributed by atoms with Crippen molar-refractivity contribution in [3.63, 3.8) is 0 Å². The van der Waals surface area contributed by atoms with Gasteiger partial charge in [0.05, 0.1) is 24.8 Å². The van der Waals surface area contributed by atoms with E-state index in [1.807, 2.05) is 36.4 Å². The van der Waals surface area contributed by atoms with Crippen molar-refractivity contribution < 1.29 is 9.53 Å². The predicted molar refractivity (Wildman–Crippen MR) is 100 cm³/mol. The van der Waals surface area contributed by atoms with E-state index >= 15 is 0 Å². The van der Waals surface area contributed by atoms with Gasteiger partial charge >= 0.3 is 0 Å². The second kappa shape index (κ2) is 6.52. The first kappa shape index (κ1) is 16.9. The Morgan fingerprint density at radius 2 is 1.92 bits per heavy atom. The number of carbonyl (C=O) groups is 1. The molecule has 0 aliphatic carbocycles. The van der Waals surface area contributed by atoms with Crippen LogP contribution < -0.4 is 4.74 Å². The molecule has 1 aliphatic heterocycles. The van der Waals surface area contributed by atoms with Crippen molar-refractivity contribution >= 4 is 27.4 Å². The number of benzene rings is 2. The molecule has 24 heavy (non-hydrogen) atoms. The standard InChI is InChI=1S/C20H20BrNO2/c1-20(2)12-14-6-9-16(24-3)10-17(14)18(22-20)11-19(23)13-4-7-15(21)8-5-13/h4-10H,11-12H2,1-3H3. The minimum atomic E-state index is -0.198. The highest BCUT2D eigenvalue weighted by Crippen LogP contribution is 2.31. The Bertz CT molecular complexity index is 807. The summed E-state index contributed by atoms with van der Waals surface area (Å²) in [6.07, 6.45) is 1.16. The van der Waals surface area contributed by atoms with E-state index < -0.39 is 0 Å². The normalized spacial score (nSPS) is 15.4. The number of halogens is 1. The van der Waals surface area contributed by atoms with Crippen molar-refractivity contribution in [3.05, 3.63) is 63.6 Å². The van der Waals surface area contributed by atoms with Crippen LogP contribution in [-0.4, -0.2) is 24.1 Å². The summed E-state index contributed by atoms with van der Waals surface area (Å²) in [5.74, 6) is 0.866. The Morgan fingerprint density at radius 3 is 2.58 bits per heavy atom. The van der Waals surface area contributed by atoms with Crippen LogP contribution in [0.1, 0.15) is 41.8 Å². The maximum Gasteiger partial charge on any atom is 0.168 e. The molecule has 3 rings (SSSR count). The number of ether oxygens (including phenoxy) is 1. The van der Waals surface area contributed by atoms with Crippen LogP contribution in [0.2, 0.25) is 0 Å². The molecule has 124 valence electrons. The van der Waals surface area contributed by atoms with Crippen LogP contribution in [0.25, 0.3) is 0 Å². The third kappa shape index (κ3) is 3.59. The third-order valence-corrected chi connectivity index (χ3v) is 4.71. The van der Waals surface area contributed by atoms with Gasteiger partial charge in [-0.3, -0.25) is 9.79 Å². The summed E-state index contributed by atoms with van der Waals surface area (Å²) >= 11 is 3.40. The van der Waals surface area contributed by atoms with E-state index in [1.165, 1.54) is 5.56 Å². The summed E-state index contributed by atoms with van der Waals surface area (Å²) in [5, 5.41) is 0. The number of ketones is 1. The molecule has 0 aromatic heterocycles. The Labute approximate surface area is 150 Å². The zero-order chi connectivity index (χ0) is 17.3. The summed E-state index contributed by atoms with van der Waals surface area (Å²) in [6.45, 7) is 4.20. The molecule has 1 heterocycles. The van der Waals surface area contributed by atoms with Crippen LogP contribution in [0.15, 0.2) is 51.9 Å². The molecular weight excluding hydrogens is 366 g/mol. The highest BCUT2D eigenvalue weighted by molar-refractivity contribution is 9.10. The second-order valence-corrected chi connectivity index (χ2v) is 7.59. The number of fused-ring (bicyclic) bond motifs is 1. The molecule has 4 heteroatoms. The zero-order valence-electron chi connectivity index (χ0n) is 14.1. The van der Waals surface area contributed by atoms with E-state index in [2.05, 4.69) is 35.8 Å². The number of carbonyl (C=O) groups excluding carboxylic acids is 1. The second-order valence-electron chi connectivity index (χ2n) is 6.68. The van der Waals surface area contributed by atoms with Crippen LogP contribution in [0.4, 0.5) is 0 Å². The van der Waals surface area contributed by atoms with Crippen molar-refractivity contribution in [2.75, 3.05) is 7.11 Å². The van der Waals surface area contributed by atoms with Crippen molar-refractivity contribution in [2.45, 2.75) is 32.2 Å². The van der Waals surface area contributed by atoms with Gasteiger partial charge in [-0.15, -0.1) is 0 Å². The molecule has 0 spiro atoms. The van der Waals surface area contributed by atoms with Crippen LogP contribution in [0.3, 0.4) is 0 Å². The number of methoxy groups -OCH3 is 1. The molecule has 1 aliphatic rings. The molecule has 0 fully saturated rings. The maximum atomic E-state index is 12.7. The van der Waals surface area contributed by atoms with Crippen LogP contribution in [0.5, 0.6) is 5.75 Å². The molecule has 0 saturated carbocycles. The molecule has 0 atom stereocenters. The van der Waals surface area contributed by atoms with Gasteiger partial charge in [-0.05, 0) is 50.1 Å². The first-order valence-electron chi connectivity index (χ1n) is 7.93. The zero-order valence-corrected chi connectivity index (χ0v) is 15.7. The summed E-state index contributed by atoms with van der Waals surface area (Å²) < 4.78 is 6.30. The van der Waals surface area contributed by atoms with E-state index in [1.54, 1.807) is 7.11 Å². The van der Waals surface area contributed by atoms with Crippen LogP contribution in [-0.2, 0) is 6.42 Å². The van der Waals surface area contributed by atoms with Crippen molar-refractivity contribution in [2.24, 2.45) is 4.99 Å². The van der Waals surface area contributed by atoms with E-state index in [-0.39, 0.29) is 11.3 Å². The minimum absolute atomic E-state index is 0.0766. The van der Waals surface area contributed by atoms with Gasteiger partial charge in [0.2, 0.25) is 0 Å². The van der Waals surface area contributed by atoms with Crippen molar-refractivity contribution in [3.8, 4) is 5.75 Å². The van der Waals surface area contributed by atoms with E-state index in [0.29, 0.717) is 12.0 Å². The third-order valence-electron chi connectivity index (χ3n) is 4.18. The number of hydrogen-bond donors (Lipinski definition) is 0. The quantitative estimate of drug-likeness (QED) is 0.705. The Morgan fingerprint density at radius 1 is 1.21 bits per heavy atom. The van der Waals surface area contributed by atoms with Crippen molar-refractivity contribution in [1.82, 2.24) is 0 Å². The molecule has 3 nitrogen and oxygen atoms in total. The number of rotatable bonds is 4. The van der Waals surface area contributed by atoms with Crippen LogP contribution in [0, 0.1) is 0 Å². The Balaban J connectivity index is 1.95. The summed E-state index contributed by atoms with van der Waals surface area (Å²) in [7, 11) is 1.65.